The Morgan fingerprint density at radius 2 is 1.11 bits per heavy atom. The summed E-state index contributed by atoms with van der Waals surface area (Å²) >= 11 is 0. The van der Waals surface area contributed by atoms with E-state index in [2.05, 4.69) is 162 Å². The van der Waals surface area contributed by atoms with Crippen LogP contribution in [-0.2, 0) is 0 Å². The summed E-state index contributed by atoms with van der Waals surface area (Å²) in [4.78, 5) is 0. The minimum atomic E-state index is -0.250. The lowest BCUT2D eigenvalue weighted by Crippen LogP contribution is -2.53. The van der Waals surface area contributed by atoms with Gasteiger partial charge in [0, 0.05) is 32.9 Å². The van der Waals surface area contributed by atoms with Crippen LogP contribution in [0.15, 0.2) is 158 Å². The van der Waals surface area contributed by atoms with Gasteiger partial charge in [0.05, 0.1) is 11.0 Å². The fraction of sp³-hybridized carbons (Fsp3) is 0. The third-order valence-corrected chi connectivity index (χ3v) is 9.50. The Hall–Kier alpha value is -6.00. The van der Waals surface area contributed by atoms with Gasteiger partial charge in [0.25, 0.3) is 0 Å². The maximum atomic E-state index is 6.86. The predicted octanol–water partition coefficient (Wildman–Crippen LogP) is 9.39. The zero-order valence-electron chi connectivity index (χ0n) is 24.9. The number of ether oxygens (including phenoxy) is 1. The molecule has 0 fully saturated rings. The molecule has 1 aromatic heterocycles. The summed E-state index contributed by atoms with van der Waals surface area (Å²) < 4.78 is 15.9. The number of hydrogen-bond donors (Lipinski definition) is 0. The zero-order valence-corrected chi connectivity index (χ0v) is 24.9. The molecule has 3 heterocycles. The molecule has 3 nitrogen and oxygen atoms in total. The van der Waals surface area contributed by atoms with Crippen LogP contribution in [0.5, 0.6) is 17.2 Å². The van der Waals surface area contributed by atoms with Gasteiger partial charge in [-0.2, -0.15) is 0 Å². The first-order chi connectivity index (χ1) is 22.8. The number of aromatic nitrogens is 1. The van der Waals surface area contributed by atoms with Gasteiger partial charge in [-0.15, -0.1) is 0 Å². The van der Waals surface area contributed by atoms with Gasteiger partial charge in [-0.25, -0.2) is 0 Å². The third kappa shape index (κ3) is 3.67. The molecule has 8 aromatic rings. The molecule has 0 bridgehead atoms. The Labute approximate surface area is 267 Å². The van der Waals surface area contributed by atoms with Crippen molar-refractivity contribution in [3.8, 4) is 56.3 Å². The standard InChI is InChI=1S/C42H26BNO2/c1-2-11-27(12-3-1)30-13-4-5-14-31(30)28-21-23-36-41(25-28)45-40-20-10-17-34-35-26-29(22-24-39(35)46-43(36)42(34)40)44-37-18-8-6-15-32(37)33-16-7-9-19-38(33)44/h1-26H. The van der Waals surface area contributed by atoms with Gasteiger partial charge >= 0.3 is 6.92 Å². The van der Waals surface area contributed by atoms with E-state index < -0.39 is 0 Å². The van der Waals surface area contributed by atoms with E-state index in [-0.39, 0.29) is 6.92 Å². The van der Waals surface area contributed by atoms with Crippen LogP contribution in [0.25, 0.3) is 60.9 Å². The molecule has 46 heavy (non-hydrogen) atoms. The maximum Gasteiger partial charge on any atom is 0.434 e. The van der Waals surface area contributed by atoms with Crippen LogP contribution < -0.4 is 20.3 Å². The summed E-state index contributed by atoms with van der Waals surface area (Å²) in [5.41, 5.74) is 12.5. The van der Waals surface area contributed by atoms with Crippen LogP contribution in [0.1, 0.15) is 0 Å². The van der Waals surface area contributed by atoms with E-state index in [4.69, 9.17) is 9.39 Å². The molecule has 4 heteroatoms. The minimum Gasteiger partial charge on any atom is -0.551 e. The first-order valence-electron chi connectivity index (χ1n) is 15.7. The highest BCUT2D eigenvalue weighted by Crippen LogP contribution is 2.42. The number of benzene rings is 7. The van der Waals surface area contributed by atoms with Crippen molar-refractivity contribution in [1.82, 2.24) is 4.57 Å². The van der Waals surface area contributed by atoms with Crippen molar-refractivity contribution in [2.75, 3.05) is 0 Å². The molecule has 7 aromatic carbocycles. The lowest BCUT2D eigenvalue weighted by atomic mass is 9.51. The van der Waals surface area contributed by atoms with E-state index >= 15 is 0 Å². The Bertz CT molecular complexity index is 2440. The molecule has 0 atom stereocenters. The van der Waals surface area contributed by atoms with E-state index in [1.165, 1.54) is 38.5 Å². The molecule has 0 radical (unpaired) electrons. The van der Waals surface area contributed by atoms with Gasteiger partial charge in [-0.3, -0.25) is 0 Å². The Morgan fingerprint density at radius 3 is 1.89 bits per heavy atom. The van der Waals surface area contributed by atoms with E-state index in [0.717, 1.165) is 50.6 Å². The SMILES string of the molecule is c1ccc(-c2ccccc2-c2ccc3c(c2)Oc2cccc4c2B3Oc2ccc(-n3c5ccccc5c5ccccc53)cc2-4)cc1. The molecule has 2 aliphatic rings. The second-order valence-corrected chi connectivity index (χ2v) is 12.0. The average Bonchev–Trinajstić information content (AvgIpc) is 3.46. The van der Waals surface area contributed by atoms with E-state index in [9.17, 15) is 0 Å². The average molecular weight is 587 g/mol. The summed E-state index contributed by atoms with van der Waals surface area (Å²) in [5, 5.41) is 2.50. The normalized spacial score (nSPS) is 12.7. The molecule has 0 unspecified atom stereocenters. The van der Waals surface area contributed by atoms with E-state index in [0.29, 0.717) is 0 Å². The third-order valence-electron chi connectivity index (χ3n) is 9.50. The van der Waals surface area contributed by atoms with Crippen LogP contribution in [0.4, 0.5) is 0 Å². The summed E-state index contributed by atoms with van der Waals surface area (Å²) in [6.07, 6.45) is 0. The van der Waals surface area contributed by atoms with Gasteiger partial charge in [-0.1, -0.05) is 115 Å². The summed E-state index contributed by atoms with van der Waals surface area (Å²) in [6, 6.07) is 55.8. The Kier molecular flexibility index (Phi) is 5.37. The van der Waals surface area contributed by atoms with Crippen molar-refractivity contribution in [3.05, 3.63) is 158 Å². The molecule has 0 aliphatic carbocycles. The monoisotopic (exact) mass is 587 g/mol. The minimum absolute atomic E-state index is 0.250. The highest BCUT2D eigenvalue weighted by atomic mass is 16.5. The Morgan fingerprint density at radius 1 is 0.435 bits per heavy atom. The lowest BCUT2D eigenvalue weighted by molar-refractivity contribution is 0.479. The fourth-order valence-corrected chi connectivity index (χ4v) is 7.44. The van der Waals surface area contributed by atoms with Crippen molar-refractivity contribution < 1.29 is 9.39 Å². The highest BCUT2D eigenvalue weighted by Gasteiger charge is 2.40. The Balaban J connectivity index is 1.09. The van der Waals surface area contributed by atoms with Crippen molar-refractivity contribution in [2.24, 2.45) is 0 Å². The second kappa shape index (κ2) is 9.75. The van der Waals surface area contributed by atoms with Gasteiger partial charge in [0.1, 0.15) is 17.2 Å². The summed E-state index contributed by atoms with van der Waals surface area (Å²) in [5.74, 6) is 2.56. The molecule has 0 saturated heterocycles. The first-order valence-corrected chi connectivity index (χ1v) is 15.7. The molecule has 0 N–H and O–H groups in total. The number of nitrogens with zero attached hydrogens (tertiary/aromatic N) is 1. The maximum absolute atomic E-state index is 6.86. The smallest absolute Gasteiger partial charge is 0.434 e. The predicted molar refractivity (Wildman–Crippen MR) is 189 cm³/mol. The number of fused-ring (bicyclic) bond motifs is 7. The van der Waals surface area contributed by atoms with Crippen LogP contribution in [0, 0.1) is 0 Å². The molecule has 10 rings (SSSR count). The highest BCUT2D eigenvalue weighted by molar-refractivity contribution is 6.84. The number of para-hydroxylation sites is 2. The number of hydrogen-bond acceptors (Lipinski definition) is 2. The lowest BCUT2D eigenvalue weighted by Gasteiger charge is -2.33. The van der Waals surface area contributed by atoms with Gasteiger partial charge < -0.3 is 14.0 Å². The van der Waals surface area contributed by atoms with E-state index in [1.54, 1.807) is 0 Å². The second-order valence-electron chi connectivity index (χ2n) is 12.0. The zero-order chi connectivity index (χ0) is 30.2. The van der Waals surface area contributed by atoms with Gasteiger partial charge in [0.2, 0.25) is 0 Å². The van der Waals surface area contributed by atoms with E-state index in [1.807, 2.05) is 0 Å². The molecular formula is C42H26BNO2. The first kappa shape index (κ1) is 25.3. The topological polar surface area (TPSA) is 23.4 Å². The van der Waals surface area contributed by atoms with Gasteiger partial charge in [-0.05, 0) is 70.3 Å². The quantitative estimate of drug-likeness (QED) is 0.192. The molecule has 0 saturated carbocycles. The molecule has 214 valence electrons. The fourth-order valence-electron chi connectivity index (χ4n) is 7.44. The molecule has 0 spiro atoms. The van der Waals surface area contributed by atoms with Gasteiger partial charge in [0.15, 0.2) is 0 Å². The number of rotatable bonds is 3. The van der Waals surface area contributed by atoms with Crippen LogP contribution >= 0.6 is 0 Å². The van der Waals surface area contributed by atoms with Crippen molar-refractivity contribution in [3.63, 3.8) is 0 Å². The van der Waals surface area contributed by atoms with Crippen LogP contribution in [0.3, 0.4) is 0 Å². The van der Waals surface area contributed by atoms with Crippen molar-refractivity contribution in [1.29, 1.82) is 0 Å². The van der Waals surface area contributed by atoms with Crippen molar-refractivity contribution >= 4 is 39.6 Å². The van der Waals surface area contributed by atoms with Crippen LogP contribution in [-0.4, -0.2) is 11.5 Å². The summed E-state index contributed by atoms with van der Waals surface area (Å²) in [7, 11) is 0. The van der Waals surface area contributed by atoms with Crippen LogP contribution in [0.2, 0.25) is 0 Å². The molecular weight excluding hydrogens is 561 g/mol. The van der Waals surface area contributed by atoms with Crippen molar-refractivity contribution in [2.45, 2.75) is 0 Å². The summed E-state index contributed by atoms with van der Waals surface area (Å²) in [6.45, 7) is -0.250. The largest absolute Gasteiger partial charge is 0.551 e. The molecule has 0 amide bonds. The molecule has 2 aliphatic heterocycles.